The molecule has 0 aliphatic heterocycles. The Morgan fingerprint density at radius 3 is 1.73 bits per heavy atom. The third-order valence-corrected chi connectivity index (χ3v) is 4.35. The molecule has 0 unspecified atom stereocenters. The summed E-state index contributed by atoms with van der Waals surface area (Å²) in [6.45, 7) is 7.79. The predicted octanol–water partition coefficient (Wildman–Crippen LogP) is 4.83. The molecule has 0 heterocycles. The number of rotatable bonds is 4. The highest BCUT2D eigenvalue weighted by Crippen LogP contribution is 2.35. The van der Waals surface area contributed by atoms with Gasteiger partial charge in [-0.25, -0.2) is 9.59 Å². The zero-order chi connectivity index (χ0) is 19.5. The summed E-state index contributed by atoms with van der Waals surface area (Å²) in [7, 11) is 1.26. The van der Waals surface area contributed by atoms with Gasteiger partial charge >= 0.3 is 12.3 Å². The number of carbonyl (C=O) groups is 2. The highest BCUT2D eigenvalue weighted by molar-refractivity contribution is 5.64. The standard InChI is InChI=1S/C20H22O6/c1-12-10-14(6-8-16(12)25-18(21)22)20(3,4)15-7-9-17(13(2)11-15)26-19(23)24-5/h6-11H,1-5H3,(H,21,22). The summed E-state index contributed by atoms with van der Waals surface area (Å²) in [4.78, 5) is 22.0. The van der Waals surface area contributed by atoms with Gasteiger partial charge in [-0.05, 0) is 48.2 Å². The molecule has 0 saturated carbocycles. The smallest absolute Gasteiger partial charge is 0.449 e. The summed E-state index contributed by atoms with van der Waals surface area (Å²) in [5, 5.41) is 8.77. The molecule has 2 aromatic rings. The molecular weight excluding hydrogens is 336 g/mol. The molecule has 0 saturated heterocycles. The molecule has 0 amide bonds. The van der Waals surface area contributed by atoms with E-state index in [-0.39, 0.29) is 5.41 Å². The maximum atomic E-state index is 11.3. The zero-order valence-electron chi connectivity index (χ0n) is 15.5. The summed E-state index contributed by atoms with van der Waals surface area (Å²) in [6, 6.07) is 11.0. The highest BCUT2D eigenvalue weighted by atomic mass is 16.7. The van der Waals surface area contributed by atoms with E-state index in [0.717, 1.165) is 22.3 Å². The number of benzene rings is 2. The Kier molecular flexibility index (Phi) is 5.55. The first-order valence-electron chi connectivity index (χ1n) is 8.04. The van der Waals surface area contributed by atoms with E-state index in [2.05, 4.69) is 18.6 Å². The van der Waals surface area contributed by atoms with Gasteiger partial charge < -0.3 is 19.3 Å². The molecule has 0 spiro atoms. The van der Waals surface area contributed by atoms with Crippen LogP contribution in [0.15, 0.2) is 36.4 Å². The van der Waals surface area contributed by atoms with Crippen LogP contribution in [0.2, 0.25) is 0 Å². The van der Waals surface area contributed by atoms with Crippen LogP contribution in [0.5, 0.6) is 11.5 Å². The number of hydrogen-bond donors (Lipinski definition) is 1. The molecule has 0 atom stereocenters. The molecule has 6 heteroatoms. The minimum Gasteiger partial charge on any atom is -0.449 e. The van der Waals surface area contributed by atoms with E-state index < -0.39 is 12.3 Å². The van der Waals surface area contributed by atoms with Crippen LogP contribution in [0, 0.1) is 13.8 Å². The minimum absolute atomic E-state index is 0.315. The monoisotopic (exact) mass is 358 g/mol. The lowest BCUT2D eigenvalue weighted by molar-refractivity contribution is 0.121. The van der Waals surface area contributed by atoms with Gasteiger partial charge in [0.1, 0.15) is 11.5 Å². The van der Waals surface area contributed by atoms with Crippen molar-refractivity contribution in [1.82, 2.24) is 0 Å². The van der Waals surface area contributed by atoms with Gasteiger partial charge in [-0.1, -0.05) is 38.1 Å². The minimum atomic E-state index is -1.34. The molecule has 2 rings (SSSR count). The van der Waals surface area contributed by atoms with Crippen LogP contribution in [0.1, 0.15) is 36.1 Å². The SMILES string of the molecule is COC(=O)Oc1ccc(C(C)(C)c2ccc(OC(=O)O)c(C)c2)cc1C. The maximum absolute atomic E-state index is 11.3. The van der Waals surface area contributed by atoms with E-state index in [1.165, 1.54) is 7.11 Å². The van der Waals surface area contributed by atoms with Crippen molar-refractivity contribution in [1.29, 1.82) is 0 Å². The number of aryl methyl sites for hydroxylation is 2. The largest absolute Gasteiger partial charge is 0.513 e. The Bertz CT molecular complexity index is 838. The molecule has 0 aliphatic carbocycles. The highest BCUT2D eigenvalue weighted by Gasteiger charge is 2.25. The van der Waals surface area contributed by atoms with Crippen molar-refractivity contribution < 1.29 is 28.9 Å². The van der Waals surface area contributed by atoms with Gasteiger partial charge in [-0.3, -0.25) is 0 Å². The van der Waals surface area contributed by atoms with Crippen molar-refractivity contribution in [3.63, 3.8) is 0 Å². The van der Waals surface area contributed by atoms with E-state index in [9.17, 15) is 9.59 Å². The Balaban J connectivity index is 2.35. The first-order valence-corrected chi connectivity index (χ1v) is 8.04. The van der Waals surface area contributed by atoms with E-state index in [1.807, 2.05) is 31.2 Å². The van der Waals surface area contributed by atoms with Gasteiger partial charge in [-0.15, -0.1) is 0 Å². The molecule has 0 bridgehead atoms. The average Bonchev–Trinajstić information content (AvgIpc) is 2.57. The van der Waals surface area contributed by atoms with Crippen LogP contribution in [0.4, 0.5) is 9.59 Å². The van der Waals surface area contributed by atoms with Crippen molar-refractivity contribution in [3.8, 4) is 11.5 Å². The lowest BCUT2D eigenvalue weighted by Gasteiger charge is -2.27. The van der Waals surface area contributed by atoms with Crippen LogP contribution in [0.3, 0.4) is 0 Å². The molecule has 0 radical (unpaired) electrons. The summed E-state index contributed by atoms with van der Waals surface area (Å²) in [5.41, 5.74) is 3.23. The Morgan fingerprint density at radius 1 is 0.885 bits per heavy atom. The third-order valence-electron chi connectivity index (χ3n) is 4.35. The fourth-order valence-corrected chi connectivity index (χ4v) is 2.70. The first kappa shape index (κ1) is 19.3. The van der Waals surface area contributed by atoms with Crippen LogP contribution >= 0.6 is 0 Å². The summed E-state index contributed by atoms with van der Waals surface area (Å²) in [5.74, 6) is 0.757. The molecule has 1 N–H and O–H groups in total. The molecule has 26 heavy (non-hydrogen) atoms. The number of carbonyl (C=O) groups excluding carboxylic acids is 1. The Labute approximate surface area is 152 Å². The van der Waals surface area contributed by atoms with Gasteiger partial charge in [0, 0.05) is 5.41 Å². The second-order valence-corrected chi connectivity index (χ2v) is 6.51. The molecule has 0 aliphatic rings. The van der Waals surface area contributed by atoms with Crippen molar-refractivity contribution in [2.75, 3.05) is 7.11 Å². The number of ether oxygens (including phenoxy) is 3. The van der Waals surface area contributed by atoms with Gasteiger partial charge in [0.2, 0.25) is 0 Å². The van der Waals surface area contributed by atoms with Gasteiger partial charge in [0.05, 0.1) is 7.11 Å². The van der Waals surface area contributed by atoms with E-state index in [0.29, 0.717) is 11.5 Å². The number of hydrogen-bond acceptors (Lipinski definition) is 5. The first-order chi connectivity index (χ1) is 12.1. The van der Waals surface area contributed by atoms with E-state index in [1.54, 1.807) is 19.1 Å². The van der Waals surface area contributed by atoms with Crippen molar-refractivity contribution in [2.24, 2.45) is 0 Å². The summed E-state index contributed by atoms with van der Waals surface area (Å²) >= 11 is 0. The maximum Gasteiger partial charge on any atom is 0.513 e. The second-order valence-electron chi connectivity index (χ2n) is 6.51. The van der Waals surface area contributed by atoms with E-state index in [4.69, 9.17) is 14.6 Å². The van der Waals surface area contributed by atoms with Crippen LogP contribution < -0.4 is 9.47 Å². The van der Waals surface area contributed by atoms with Gasteiger partial charge in [-0.2, -0.15) is 0 Å². The molecule has 6 nitrogen and oxygen atoms in total. The summed E-state index contributed by atoms with van der Waals surface area (Å²) in [6.07, 6.45) is -2.10. The normalized spacial score (nSPS) is 11.0. The van der Waals surface area contributed by atoms with Crippen LogP contribution in [0.25, 0.3) is 0 Å². The van der Waals surface area contributed by atoms with Crippen LogP contribution in [-0.2, 0) is 10.2 Å². The van der Waals surface area contributed by atoms with Crippen molar-refractivity contribution >= 4 is 12.3 Å². The van der Waals surface area contributed by atoms with Crippen molar-refractivity contribution in [2.45, 2.75) is 33.1 Å². The predicted molar refractivity (Wildman–Crippen MR) is 96.2 cm³/mol. The molecular formula is C20H22O6. The van der Waals surface area contributed by atoms with Crippen molar-refractivity contribution in [3.05, 3.63) is 58.7 Å². The third kappa shape index (κ3) is 4.14. The van der Waals surface area contributed by atoms with Gasteiger partial charge in [0.15, 0.2) is 0 Å². The lowest BCUT2D eigenvalue weighted by Crippen LogP contribution is -2.20. The number of methoxy groups -OCH3 is 1. The molecule has 138 valence electrons. The molecule has 2 aromatic carbocycles. The molecule has 0 fully saturated rings. The Morgan fingerprint density at radius 2 is 1.35 bits per heavy atom. The van der Waals surface area contributed by atoms with Gasteiger partial charge in [0.25, 0.3) is 0 Å². The average molecular weight is 358 g/mol. The summed E-state index contributed by atoms with van der Waals surface area (Å²) < 4.78 is 14.4. The van der Waals surface area contributed by atoms with E-state index >= 15 is 0 Å². The van der Waals surface area contributed by atoms with Crippen LogP contribution in [-0.4, -0.2) is 24.5 Å². The second kappa shape index (κ2) is 7.47. The Hall–Kier alpha value is -3.02. The quantitative estimate of drug-likeness (QED) is 0.622. The zero-order valence-corrected chi connectivity index (χ0v) is 15.5. The fourth-order valence-electron chi connectivity index (χ4n) is 2.70. The topological polar surface area (TPSA) is 82.1 Å². The number of carboxylic acid groups (broad SMARTS) is 1. The lowest BCUT2D eigenvalue weighted by atomic mass is 9.77. The molecule has 0 aromatic heterocycles. The fraction of sp³-hybridized carbons (Fsp3) is 0.300.